The van der Waals surface area contributed by atoms with E-state index in [1.54, 1.807) is 0 Å². The van der Waals surface area contributed by atoms with Crippen LogP contribution in [-0.2, 0) is 54.9 Å². The third-order valence-electron chi connectivity index (χ3n) is 7.70. The molecule has 5 atom stereocenters. The lowest BCUT2D eigenvalue weighted by Crippen LogP contribution is -2.63. The molecule has 1 heterocycles. The van der Waals surface area contributed by atoms with Crippen LogP contribution in [0.4, 0.5) is 0 Å². The summed E-state index contributed by atoms with van der Waals surface area (Å²) in [7, 11) is -1.85. The molecule has 0 aromatic heterocycles. The molecule has 244 valence electrons. The number of benzene rings is 4. The van der Waals surface area contributed by atoms with Gasteiger partial charge in [-0.3, -0.25) is 4.79 Å². The number of rotatable bonds is 14. The van der Waals surface area contributed by atoms with Gasteiger partial charge in [-0.05, 0) is 28.2 Å². The smallest absolute Gasteiger partial charge is 0.236 e. The van der Waals surface area contributed by atoms with E-state index in [-0.39, 0.29) is 19.0 Å². The van der Waals surface area contributed by atoms with Crippen LogP contribution in [0.5, 0.6) is 0 Å². The van der Waals surface area contributed by atoms with Crippen molar-refractivity contribution in [3.8, 4) is 11.5 Å². The van der Waals surface area contributed by atoms with Crippen molar-refractivity contribution in [1.29, 1.82) is 0 Å². The first-order valence-electron chi connectivity index (χ1n) is 16.2. The molecule has 0 spiro atoms. The van der Waals surface area contributed by atoms with Crippen molar-refractivity contribution < 1.29 is 28.5 Å². The van der Waals surface area contributed by atoms with E-state index in [1.165, 1.54) is 0 Å². The van der Waals surface area contributed by atoms with Gasteiger partial charge in [0, 0.05) is 0 Å². The Morgan fingerprint density at radius 3 is 1.45 bits per heavy atom. The number of hydrogen-bond acceptors (Lipinski definition) is 6. The largest absolute Gasteiger partial charge is 0.374 e. The fourth-order valence-corrected chi connectivity index (χ4v) is 5.82. The molecule has 0 radical (unpaired) electrons. The van der Waals surface area contributed by atoms with Crippen molar-refractivity contribution in [2.24, 2.45) is 0 Å². The first-order chi connectivity index (χ1) is 22.9. The van der Waals surface area contributed by atoms with Crippen LogP contribution in [0.1, 0.15) is 22.3 Å². The third kappa shape index (κ3) is 10.8. The van der Waals surface area contributed by atoms with Gasteiger partial charge in [-0.15, -0.1) is 5.54 Å². The molecule has 1 saturated heterocycles. The molecule has 47 heavy (non-hydrogen) atoms. The summed E-state index contributed by atoms with van der Waals surface area (Å²) in [4.78, 5) is 13.9. The van der Waals surface area contributed by atoms with E-state index in [0.29, 0.717) is 19.8 Å². The molecular formula is C40H44O6Si. The Labute approximate surface area is 280 Å². The number of carbonyl (C=O) groups excluding carboxylic acids is 1. The van der Waals surface area contributed by atoms with E-state index in [0.717, 1.165) is 22.3 Å². The van der Waals surface area contributed by atoms with Crippen molar-refractivity contribution in [3.63, 3.8) is 0 Å². The predicted molar refractivity (Wildman–Crippen MR) is 186 cm³/mol. The highest BCUT2D eigenvalue weighted by Crippen LogP contribution is 2.31. The van der Waals surface area contributed by atoms with Crippen molar-refractivity contribution in [2.75, 3.05) is 6.61 Å². The maximum Gasteiger partial charge on any atom is 0.236 e. The molecule has 1 fully saturated rings. The van der Waals surface area contributed by atoms with E-state index in [1.807, 2.05) is 121 Å². The van der Waals surface area contributed by atoms with Gasteiger partial charge in [-0.2, -0.15) is 0 Å². The molecule has 5 rings (SSSR count). The van der Waals surface area contributed by atoms with Crippen molar-refractivity contribution in [1.82, 2.24) is 0 Å². The Balaban J connectivity index is 1.49. The molecule has 4 aromatic rings. The van der Waals surface area contributed by atoms with Crippen molar-refractivity contribution in [2.45, 2.75) is 76.6 Å². The van der Waals surface area contributed by atoms with Gasteiger partial charge in [-0.1, -0.05) is 141 Å². The molecule has 0 bridgehead atoms. The predicted octanol–water partition coefficient (Wildman–Crippen LogP) is 7.18. The summed E-state index contributed by atoms with van der Waals surface area (Å²) < 4.78 is 32.8. The van der Waals surface area contributed by atoms with Gasteiger partial charge in [0.1, 0.15) is 32.5 Å². The topological polar surface area (TPSA) is 63.2 Å². The number of hydrogen-bond donors (Lipinski definition) is 0. The highest BCUT2D eigenvalue weighted by atomic mass is 28.3. The number of ketones is 1. The van der Waals surface area contributed by atoms with Gasteiger partial charge in [0.2, 0.25) is 5.78 Å². The second-order valence-electron chi connectivity index (χ2n) is 12.7. The molecule has 0 amide bonds. The molecule has 6 nitrogen and oxygen atoms in total. The zero-order valence-electron chi connectivity index (χ0n) is 27.4. The first kappa shape index (κ1) is 34.5. The maximum atomic E-state index is 13.9. The third-order valence-corrected chi connectivity index (χ3v) is 8.58. The number of carbonyl (C=O) groups is 1. The summed E-state index contributed by atoms with van der Waals surface area (Å²) in [6.45, 7) is 7.81. The van der Waals surface area contributed by atoms with Crippen LogP contribution in [0.15, 0.2) is 121 Å². The molecule has 4 aromatic carbocycles. The van der Waals surface area contributed by atoms with Gasteiger partial charge in [0.25, 0.3) is 0 Å². The van der Waals surface area contributed by atoms with Gasteiger partial charge in [0.05, 0.1) is 33.0 Å². The van der Waals surface area contributed by atoms with Crippen LogP contribution < -0.4 is 0 Å². The lowest BCUT2D eigenvalue weighted by molar-refractivity contribution is -0.266. The van der Waals surface area contributed by atoms with Crippen LogP contribution in [-0.4, -0.2) is 51.0 Å². The molecule has 1 aliphatic heterocycles. The molecule has 1 aliphatic rings. The van der Waals surface area contributed by atoms with Crippen LogP contribution in [0.3, 0.4) is 0 Å². The summed E-state index contributed by atoms with van der Waals surface area (Å²) in [5.74, 6) is 2.60. The second kappa shape index (κ2) is 17.3. The SMILES string of the molecule is C[Si](C)(C)C#CC(=O)[C@@H]1O[C@H](COCc2ccccc2)[C@@H](OCc2ccccc2)[C@H](OCc2ccccc2)[C@H]1OCc1ccccc1. The Morgan fingerprint density at radius 2 is 1.00 bits per heavy atom. The van der Waals surface area contributed by atoms with Crippen LogP contribution >= 0.6 is 0 Å². The van der Waals surface area contributed by atoms with E-state index in [4.69, 9.17) is 23.7 Å². The monoisotopic (exact) mass is 648 g/mol. The zero-order valence-corrected chi connectivity index (χ0v) is 28.4. The zero-order chi connectivity index (χ0) is 32.9. The van der Waals surface area contributed by atoms with Crippen LogP contribution in [0.25, 0.3) is 0 Å². The molecular weight excluding hydrogens is 605 g/mol. The summed E-state index contributed by atoms with van der Waals surface area (Å²) in [5.41, 5.74) is 7.25. The Hall–Kier alpha value is -3.87. The molecule has 0 saturated carbocycles. The lowest BCUT2D eigenvalue weighted by atomic mass is 9.92. The summed E-state index contributed by atoms with van der Waals surface area (Å²) in [5, 5.41) is 0. The van der Waals surface area contributed by atoms with Gasteiger partial charge < -0.3 is 23.7 Å². The standard InChI is InChI=1S/C40H44O6Si/c1-47(2,3)25-24-35(41)37-39(44-28-33-20-12-6-13-21-33)40(45-29-34-22-14-7-15-23-34)38(43-27-32-18-10-5-11-19-32)36(46-37)30-42-26-31-16-8-4-9-17-31/h4-23,36-40H,26-30H2,1-3H3/t36-,37+,38-,39+,40+/m1/s1. The summed E-state index contributed by atoms with van der Waals surface area (Å²) in [6, 6.07) is 39.8. The van der Waals surface area contributed by atoms with E-state index in [9.17, 15) is 4.79 Å². The fourth-order valence-electron chi connectivity index (χ4n) is 5.32. The minimum Gasteiger partial charge on any atom is -0.374 e. The molecule has 0 N–H and O–H groups in total. The molecule has 0 unspecified atom stereocenters. The van der Waals surface area contributed by atoms with Gasteiger partial charge in [0.15, 0.2) is 6.10 Å². The first-order valence-corrected chi connectivity index (χ1v) is 19.7. The van der Waals surface area contributed by atoms with Crippen LogP contribution in [0, 0.1) is 11.5 Å². The van der Waals surface area contributed by atoms with Crippen molar-refractivity contribution in [3.05, 3.63) is 144 Å². The average Bonchev–Trinajstić information content (AvgIpc) is 3.09. The summed E-state index contributed by atoms with van der Waals surface area (Å²) >= 11 is 0. The number of Topliss-reactive ketones (excluding diaryl/α,β-unsaturated/α-hetero) is 1. The Morgan fingerprint density at radius 1 is 0.596 bits per heavy atom. The summed E-state index contributed by atoms with van der Waals surface area (Å²) in [6.07, 6.45) is -3.67. The lowest BCUT2D eigenvalue weighted by Gasteiger charge is -2.45. The minimum atomic E-state index is -1.85. The minimum absolute atomic E-state index is 0.191. The highest BCUT2D eigenvalue weighted by Gasteiger charge is 2.50. The average molecular weight is 649 g/mol. The van der Waals surface area contributed by atoms with Gasteiger partial charge >= 0.3 is 0 Å². The molecule has 7 heteroatoms. The van der Waals surface area contributed by atoms with E-state index < -0.39 is 38.6 Å². The Kier molecular flexibility index (Phi) is 12.7. The van der Waals surface area contributed by atoms with Gasteiger partial charge in [-0.25, -0.2) is 0 Å². The molecule has 0 aliphatic carbocycles. The van der Waals surface area contributed by atoms with Crippen LogP contribution in [0.2, 0.25) is 19.6 Å². The van der Waals surface area contributed by atoms with E-state index in [2.05, 4.69) is 31.1 Å². The number of ether oxygens (including phenoxy) is 5. The maximum absolute atomic E-state index is 13.9. The Bertz CT molecular complexity index is 1560. The second-order valence-corrected chi connectivity index (χ2v) is 17.5. The van der Waals surface area contributed by atoms with Crippen molar-refractivity contribution >= 4 is 13.9 Å². The fraction of sp³-hybridized carbons (Fsp3) is 0.325. The highest BCUT2D eigenvalue weighted by molar-refractivity contribution is 6.84. The quantitative estimate of drug-likeness (QED) is 0.107. The van der Waals surface area contributed by atoms with E-state index >= 15 is 0 Å². The normalized spacial score (nSPS) is 21.0.